The molecule has 3 amide bonds. The second kappa shape index (κ2) is 12.3. The highest BCUT2D eigenvalue weighted by Gasteiger charge is 2.42. The zero-order valence-electron chi connectivity index (χ0n) is 20.6. The lowest BCUT2D eigenvalue weighted by Gasteiger charge is -2.44. The van der Waals surface area contributed by atoms with Gasteiger partial charge < -0.3 is 20.9 Å². The van der Waals surface area contributed by atoms with Crippen molar-refractivity contribution in [2.24, 2.45) is 5.73 Å². The fraction of sp³-hybridized carbons (Fsp3) is 0.407. The average Bonchev–Trinajstić information content (AvgIpc) is 2.89. The third kappa shape index (κ3) is 6.26. The zero-order valence-corrected chi connectivity index (χ0v) is 20.6. The molecule has 9 heteroatoms. The van der Waals surface area contributed by atoms with Crippen LogP contribution in [0.5, 0.6) is 0 Å². The fourth-order valence-corrected chi connectivity index (χ4v) is 4.61. The summed E-state index contributed by atoms with van der Waals surface area (Å²) in [6, 6.07) is 12.5. The number of halogens is 1. The van der Waals surface area contributed by atoms with Gasteiger partial charge in [-0.15, -0.1) is 0 Å². The summed E-state index contributed by atoms with van der Waals surface area (Å²) in [5.74, 6) is -1.32. The maximum Gasteiger partial charge on any atom is 0.246 e. The summed E-state index contributed by atoms with van der Waals surface area (Å²) in [7, 11) is 1.52. The average molecular weight is 494 g/mol. The molecule has 2 aromatic carbocycles. The molecule has 0 saturated carbocycles. The number of carbonyl (C=O) groups excluding carboxylic acids is 3. The molecule has 1 aliphatic rings. The summed E-state index contributed by atoms with van der Waals surface area (Å²) in [5, 5.41) is 11.8. The summed E-state index contributed by atoms with van der Waals surface area (Å²) in [6.45, 7) is 2.36. The van der Waals surface area contributed by atoms with Gasteiger partial charge >= 0.3 is 0 Å². The number of hydrogen-bond acceptors (Lipinski definition) is 5. The number of piperazine rings is 1. The molecule has 0 aromatic heterocycles. The molecule has 1 saturated heterocycles. The van der Waals surface area contributed by atoms with Crippen molar-refractivity contribution in [3.63, 3.8) is 0 Å². The highest BCUT2D eigenvalue weighted by atomic mass is 19.1. The number of likely N-dealkylation sites (N-methyl/N-ethyl adjacent to an activating group) is 1. The van der Waals surface area contributed by atoms with E-state index in [-0.39, 0.29) is 49.5 Å². The smallest absolute Gasteiger partial charge is 0.246 e. The maximum absolute atomic E-state index is 13.6. The summed E-state index contributed by atoms with van der Waals surface area (Å²) >= 11 is 0. The van der Waals surface area contributed by atoms with E-state index >= 15 is 0 Å². The van der Waals surface area contributed by atoms with E-state index in [9.17, 15) is 24.0 Å². The van der Waals surface area contributed by atoms with Crippen LogP contribution in [0.2, 0.25) is 0 Å². The molecule has 8 nitrogen and oxygen atoms in total. The lowest BCUT2D eigenvalue weighted by atomic mass is 9.97. The van der Waals surface area contributed by atoms with E-state index in [1.807, 2.05) is 13.0 Å². The zero-order chi connectivity index (χ0) is 26.2. The van der Waals surface area contributed by atoms with Gasteiger partial charge in [0.1, 0.15) is 17.9 Å². The molecule has 1 fully saturated rings. The minimum Gasteiger partial charge on any atom is -0.357 e. The Balaban J connectivity index is 1.80. The molecular weight excluding hydrogens is 461 g/mol. The molecule has 0 bridgehead atoms. The van der Waals surface area contributed by atoms with Crippen LogP contribution in [0, 0.1) is 17.1 Å². The topological polar surface area (TPSA) is 120 Å². The number of rotatable bonds is 9. The van der Waals surface area contributed by atoms with Crippen LogP contribution in [0.1, 0.15) is 36.5 Å². The van der Waals surface area contributed by atoms with Gasteiger partial charge in [0.25, 0.3) is 0 Å². The number of hydrogen-bond donors (Lipinski definition) is 2. The van der Waals surface area contributed by atoms with Gasteiger partial charge in [0.2, 0.25) is 17.7 Å². The molecule has 0 radical (unpaired) electrons. The Bertz CT molecular complexity index is 1130. The van der Waals surface area contributed by atoms with E-state index < -0.39 is 18.1 Å². The Hall–Kier alpha value is -3.77. The number of carbonyl (C=O) groups is 3. The molecule has 3 rings (SSSR count). The normalized spacial score (nSPS) is 17.3. The molecule has 2 aromatic rings. The Morgan fingerprint density at radius 1 is 1.17 bits per heavy atom. The van der Waals surface area contributed by atoms with Crippen LogP contribution in [0.4, 0.5) is 4.39 Å². The first kappa shape index (κ1) is 26.8. The van der Waals surface area contributed by atoms with E-state index in [1.165, 1.54) is 29.0 Å². The number of amides is 3. The van der Waals surface area contributed by atoms with E-state index in [4.69, 9.17) is 5.73 Å². The van der Waals surface area contributed by atoms with E-state index in [1.54, 1.807) is 30.3 Å². The minimum atomic E-state index is -0.877. The van der Waals surface area contributed by atoms with Gasteiger partial charge in [-0.3, -0.25) is 14.4 Å². The van der Waals surface area contributed by atoms with Crippen molar-refractivity contribution >= 4 is 17.7 Å². The third-order valence-corrected chi connectivity index (χ3v) is 6.47. The van der Waals surface area contributed by atoms with Gasteiger partial charge in [-0.1, -0.05) is 37.6 Å². The van der Waals surface area contributed by atoms with Crippen LogP contribution < -0.4 is 11.1 Å². The SMILES string of the molecule is CCC[C@@H]1C(=O)N(C(Cc2cccc(C#N)c2)C(=O)NC)CCN1C(=O)C(N)Cc1ccc(F)cc1. The first-order valence-electron chi connectivity index (χ1n) is 12.1. The van der Waals surface area contributed by atoms with Crippen molar-refractivity contribution in [2.75, 3.05) is 20.1 Å². The van der Waals surface area contributed by atoms with Gasteiger partial charge in [0.05, 0.1) is 17.7 Å². The first-order chi connectivity index (χ1) is 17.3. The number of benzene rings is 2. The Morgan fingerprint density at radius 2 is 1.89 bits per heavy atom. The Kier molecular flexibility index (Phi) is 9.14. The molecule has 3 N–H and O–H groups in total. The Morgan fingerprint density at radius 3 is 2.53 bits per heavy atom. The summed E-state index contributed by atoms with van der Waals surface area (Å²) < 4.78 is 13.2. The summed E-state index contributed by atoms with van der Waals surface area (Å²) in [4.78, 5) is 42.8. The minimum absolute atomic E-state index is 0.185. The standard InChI is InChI=1S/C27H32FN5O3/c1-3-5-23-27(36)33(24(25(34)31-2)16-19-6-4-7-20(14-19)17-29)13-12-32(23)26(35)22(30)15-18-8-10-21(28)11-9-18/h4,6-11,14,22-24H,3,5,12-13,15-16,30H2,1-2H3,(H,31,34)/t22?,23-,24?/m1/s1. The quantitative estimate of drug-likeness (QED) is 0.552. The predicted molar refractivity (Wildman–Crippen MR) is 133 cm³/mol. The second-order valence-electron chi connectivity index (χ2n) is 8.95. The molecule has 190 valence electrons. The summed E-state index contributed by atoms with van der Waals surface area (Å²) in [6.07, 6.45) is 1.57. The van der Waals surface area contributed by atoms with Crippen LogP contribution >= 0.6 is 0 Å². The Labute approximate surface area is 210 Å². The van der Waals surface area contributed by atoms with Gasteiger partial charge in [-0.25, -0.2) is 4.39 Å². The van der Waals surface area contributed by atoms with Crippen LogP contribution in [0.3, 0.4) is 0 Å². The monoisotopic (exact) mass is 493 g/mol. The lowest BCUT2D eigenvalue weighted by molar-refractivity contribution is -0.156. The van der Waals surface area contributed by atoms with Gasteiger partial charge in [0, 0.05) is 26.6 Å². The van der Waals surface area contributed by atoms with E-state index in [2.05, 4.69) is 11.4 Å². The van der Waals surface area contributed by atoms with Gasteiger partial charge in [-0.2, -0.15) is 5.26 Å². The predicted octanol–water partition coefficient (Wildman–Crippen LogP) is 1.76. The highest BCUT2D eigenvalue weighted by molar-refractivity contribution is 5.94. The second-order valence-corrected chi connectivity index (χ2v) is 8.95. The molecule has 3 atom stereocenters. The maximum atomic E-state index is 13.6. The number of nitrogens with two attached hydrogens (primary N) is 1. The van der Waals surface area contributed by atoms with Crippen LogP contribution in [0.25, 0.3) is 0 Å². The molecule has 0 spiro atoms. The van der Waals surface area contributed by atoms with Crippen molar-refractivity contribution in [2.45, 2.75) is 50.7 Å². The van der Waals surface area contributed by atoms with Crippen LogP contribution in [0.15, 0.2) is 48.5 Å². The van der Waals surface area contributed by atoms with E-state index in [0.717, 1.165) is 11.1 Å². The van der Waals surface area contributed by atoms with Crippen molar-refractivity contribution in [3.05, 3.63) is 71.0 Å². The van der Waals surface area contributed by atoms with Crippen LogP contribution in [-0.4, -0.2) is 65.8 Å². The first-order valence-corrected chi connectivity index (χ1v) is 12.1. The van der Waals surface area contributed by atoms with Crippen LogP contribution in [-0.2, 0) is 27.2 Å². The van der Waals surface area contributed by atoms with Crippen molar-refractivity contribution in [3.8, 4) is 6.07 Å². The lowest BCUT2D eigenvalue weighted by Crippen LogP contribution is -2.65. The number of nitriles is 1. The molecule has 0 aliphatic carbocycles. The summed E-state index contributed by atoms with van der Waals surface area (Å²) in [5.41, 5.74) is 8.19. The highest BCUT2D eigenvalue weighted by Crippen LogP contribution is 2.22. The molecule has 2 unspecified atom stereocenters. The van der Waals surface area contributed by atoms with Gasteiger partial charge in [0.15, 0.2) is 0 Å². The molecule has 36 heavy (non-hydrogen) atoms. The van der Waals surface area contributed by atoms with Gasteiger partial charge in [-0.05, 0) is 48.2 Å². The van der Waals surface area contributed by atoms with Crippen molar-refractivity contribution in [1.29, 1.82) is 5.26 Å². The van der Waals surface area contributed by atoms with E-state index in [0.29, 0.717) is 18.4 Å². The molecule has 1 heterocycles. The largest absolute Gasteiger partial charge is 0.357 e. The van der Waals surface area contributed by atoms with Crippen molar-refractivity contribution in [1.82, 2.24) is 15.1 Å². The number of nitrogens with one attached hydrogen (secondary N) is 1. The fourth-order valence-electron chi connectivity index (χ4n) is 4.61. The number of nitrogens with zero attached hydrogens (tertiary/aromatic N) is 3. The molecule has 1 aliphatic heterocycles. The van der Waals surface area contributed by atoms with Crippen molar-refractivity contribution < 1.29 is 18.8 Å². The third-order valence-electron chi connectivity index (χ3n) is 6.47. The molecular formula is C27H32FN5O3.